The van der Waals surface area contributed by atoms with Crippen LogP contribution in [0.15, 0.2) is 0 Å². The van der Waals surface area contributed by atoms with E-state index in [1.807, 2.05) is 20.8 Å². The van der Waals surface area contributed by atoms with Gasteiger partial charge in [0, 0.05) is 6.54 Å². The van der Waals surface area contributed by atoms with Crippen molar-refractivity contribution in [2.45, 2.75) is 95.3 Å². The second-order valence-corrected chi connectivity index (χ2v) is 9.55. The van der Waals surface area contributed by atoms with E-state index < -0.39 is 11.6 Å². The summed E-state index contributed by atoms with van der Waals surface area (Å²) in [6.07, 6.45) is 9.68. The average molecular weight is 363 g/mol. The van der Waals surface area contributed by atoms with Gasteiger partial charge >= 0.3 is 12.1 Å². The Bertz CT molecular complexity index is 510. The normalized spacial score (nSPS) is 31.7. The van der Waals surface area contributed by atoms with Gasteiger partial charge in [-0.05, 0) is 33.1 Å². The molecule has 146 valence electrons. The Labute approximate surface area is 158 Å². The molecule has 3 fully saturated rings. The number of hydrogen-bond acceptors (Lipinski definition) is 4. The molecule has 2 atom stereocenters. The number of rotatable bonds is 3. The van der Waals surface area contributed by atoms with E-state index in [-0.39, 0.29) is 12.1 Å². The molecule has 0 saturated carbocycles. The van der Waals surface area contributed by atoms with E-state index in [9.17, 15) is 9.59 Å². The molecular weight excluding hydrogens is 329 g/mol. The van der Waals surface area contributed by atoms with Crippen LogP contribution in [0.5, 0.6) is 0 Å². The summed E-state index contributed by atoms with van der Waals surface area (Å²) in [5, 5.41) is 0. The quantitative estimate of drug-likeness (QED) is 0.551. The van der Waals surface area contributed by atoms with Gasteiger partial charge in [0.2, 0.25) is 0 Å². The SMILES string of the molecule is COC(=O)[C@@H]1CC(CB2C3CCCC2CCC3)CN1C(=O)OC(C)(C)C. The van der Waals surface area contributed by atoms with E-state index >= 15 is 0 Å². The summed E-state index contributed by atoms with van der Waals surface area (Å²) in [6.45, 7) is 6.96. The molecule has 0 aromatic heterocycles. The summed E-state index contributed by atoms with van der Waals surface area (Å²) >= 11 is 0. The lowest BCUT2D eigenvalue weighted by Gasteiger charge is -2.41. The zero-order valence-corrected chi connectivity index (χ0v) is 16.8. The second-order valence-electron chi connectivity index (χ2n) is 9.55. The van der Waals surface area contributed by atoms with E-state index in [1.165, 1.54) is 45.6 Å². The number of amides is 1. The zero-order chi connectivity index (χ0) is 18.9. The van der Waals surface area contributed by atoms with Crippen molar-refractivity contribution >= 4 is 18.8 Å². The van der Waals surface area contributed by atoms with Crippen molar-refractivity contribution < 1.29 is 19.1 Å². The number of fused-ring (bicyclic) bond motifs is 2. The highest BCUT2D eigenvalue weighted by Crippen LogP contribution is 2.49. The van der Waals surface area contributed by atoms with Gasteiger partial charge in [-0.2, -0.15) is 0 Å². The number of carbonyl (C=O) groups excluding carboxylic acids is 2. The van der Waals surface area contributed by atoms with Gasteiger partial charge in [0.1, 0.15) is 18.4 Å². The second kappa shape index (κ2) is 7.81. The van der Waals surface area contributed by atoms with Crippen LogP contribution in [-0.2, 0) is 14.3 Å². The van der Waals surface area contributed by atoms with Crippen LogP contribution in [0.1, 0.15) is 65.7 Å². The van der Waals surface area contributed by atoms with Crippen LogP contribution in [0.25, 0.3) is 0 Å². The van der Waals surface area contributed by atoms with Crippen LogP contribution in [0.4, 0.5) is 4.79 Å². The number of carbonyl (C=O) groups is 2. The van der Waals surface area contributed by atoms with Gasteiger partial charge in [-0.15, -0.1) is 0 Å². The minimum Gasteiger partial charge on any atom is -0.467 e. The molecule has 3 heterocycles. The maximum absolute atomic E-state index is 12.6. The molecule has 1 unspecified atom stereocenters. The van der Waals surface area contributed by atoms with Gasteiger partial charge in [0.25, 0.3) is 0 Å². The predicted molar refractivity (Wildman–Crippen MR) is 103 cm³/mol. The summed E-state index contributed by atoms with van der Waals surface area (Å²) in [7, 11) is 1.40. The molecular formula is C20H34BNO4. The average Bonchev–Trinajstić information content (AvgIpc) is 2.96. The molecule has 0 N–H and O–H groups in total. The largest absolute Gasteiger partial charge is 0.467 e. The highest BCUT2D eigenvalue weighted by Gasteiger charge is 2.46. The lowest BCUT2D eigenvalue weighted by Crippen LogP contribution is -2.44. The fourth-order valence-electron chi connectivity index (χ4n) is 5.56. The summed E-state index contributed by atoms with van der Waals surface area (Å²) in [6, 6.07) is -0.497. The van der Waals surface area contributed by atoms with Gasteiger partial charge in [-0.1, -0.05) is 56.5 Å². The maximum Gasteiger partial charge on any atom is 0.411 e. The number of esters is 1. The van der Waals surface area contributed by atoms with E-state index in [1.54, 1.807) is 4.90 Å². The Morgan fingerprint density at radius 1 is 1.08 bits per heavy atom. The van der Waals surface area contributed by atoms with Crippen LogP contribution < -0.4 is 0 Å². The Kier molecular flexibility index (Phi) is 5.88. The molecule has 3 aliphatic rings. The molecule has 6 heteroatoms. The first-order valence-corrected chi connectivity index (χ1v) is 10.4. The molecule has 0 aliphatic carbocycles. The van der Waals surface area contributed by atoms with Gasteiger partial charge in [-0.3, -0.25) is 4.90 Å². The third-order valence-electron chi connectivity index (χ3n) is 6.61. The topological polar surface area (TPSA) is 55.8 Å². The third kappa shape index (κ3) is 4.37. The number of ether oxygens (including phenoxy) is 2. The van der Waals surface area contributed by atoms with Crippen molar-refractivity contribution in [3.05, 3.63) is 0 Å². The molecule has 0 radical (unpaired) electrons. The fourth-order valence-corrected chi connectivity index (χ4v) is 5.56. The van der Waals surface area contributed by atoms with Gasteiger partial charge < -0.3 is 9.47 Å². The van der Waals surface area contributed by atoms with Gasteiger partial charge in [0.05, 0.1) is 7.11 Å². The zero-order valence-electron chi connectivity index (χ0n) is 16.8. The molecule has 3 rings (SSSR count). The number of methoxy groups -OCH3 is 1. The summed E-state index contributed by atoms with van der Waals surface area (Å²) < 4.78 is 10.5. The monoisotopic (exact) mass is 363 g/mol. The highest BCUT2D eigenvalue weighted by molar-refractivity contribution is 6.62. The first kappa shape index (κ1) is 19.6. The minimum absolute atomic E-state index is 0.317. The highest BCUT2D eigenvalue weighted by atomic mass is 16.6. The molecule has 5 nitrogen and oxygen atoms in total. The predicted octanol–water partition coefficient (Wildman–Crippen LogP) is 4.39. The van der Waals surface area contributed by atoms with Crippen molar-refractivity contribution in [1.82, 2.24) is 4.90 Å². The van der Waals surface area contributed by atoms with Crippen molar-refractivity contribution in [2.24, 2.45) is 5.92 Å². The Morgan fingerprint density at radius 3 is 2.15 bits per heavy atom. The summed E-state index contributed by atoms with van der Waals surface area (Å²) in [5.74, 6) is 1.77. The van der Waals surface area contributed by atoms with Crippen LogP contribution in [0, 0.1) is 5.92 Å². The fraction of sp³-hybridized carbons (Fsp3) is 0.900. The maximum atomic E-state index is 12.6. The van der Waals surface area contributed by atoms with Crippen LogP contribution in [-0.4, -0.2) is 49.0 Å². The summed E-state index contributed by atoms with van der Waals surface area (Å²) in [4.78, 5) is 26.5. The Balaban J connectivity index is 1.67. The van der Waals surface area contributed by atoms with Gasteiger partial charge in [-0.25, -0.2) is 9.59 Å². The first-order valence-electron chi connectivity index (χ1n) is 10.4. The molecule has 26 heavy (non-hydrogen) atoms. The molecule has 1 amide bonds. The first-order chi connectivity index (χ1) is 12.3. The lowest BCUT2D eigenvalue weighted by atomic mass is 9.25. The molecule has 0 spiro atoms. The van der Waals surface area contributed by atoms with Crippen LogP contribution >= 0.6 is 0 Å². The van der Waals surface area contributed by atoms with Crippen molar-refractivity contribution in [2.75, 3.05) is 13.7 Å². The van der Waals surface area contributed by atoms with E-state index in [0.29, 0.717) is 18.9 Å². The molecule has 3 saturated heterocycles. The smallest absolute Gasteiger partial charge is 0.411 e. The molecule has 2 bridgehead atoms. The Morgan fingerprint density at radius 2 is 1.65 bits per heavy atom. The van der Waals surface area contributed by atoms with Crippen molar-refractivity contribution in [3.63, 3.8) is 0 Å². The minimum atomic E-state index is -0.559. The van der Waals surface area contributed by atoms with Crippen molar-refractivity contribution in [3.8, 4) is 0 Å². The molecule has 0 aromatic carbocycles. The molecule has 0 aromatic rings. The lowest BCUT2D eigenvalue weighted by molar-refractivity contribution is -0.145. The number of nitrogens with zero attached hydrogens (tertiary/aromatic N) is 1. The van der Waals surface area contributed by atoms with Crippen LogP contribution in [0.3, 0.4) is 0 Å². The number of hydrogen-bond donors (Lipinski definition) is 0. The van der Waals surface area contributed by atoms with E-state index in [2.05, 4.69) is 0 Å². The van der Waals surface area contributed by atoms with Crippen LogP contribution in [0.2, 0.25) is 18.0 Å². The summed E-state index contributed by atoms with van der Waals surface area (Å²) in [5.41, 5.74) is -0.559. The third-order valence-corrected chi connectivity index (χ3v) is 6.61. The van der Waals surface area contributed by atoms with E-state index in [4.69, 9.17) is 9.47 Å². The standard InChI is InChI=1S/C20H34BNO4/c1-20(2,3)26-19(24)22-13-14(11-17(22)18(23)25-4)12-21-15-7-5-8-16(21)10-6-9-15/h14-17H,5-13H2,1-4H3/t14?,15?,16?,17-/m0/s1. The van der Waals surface area contributed by atoms with Crippen molar-refractivity contribution in [1.29, 1.82) is 0 Å². The van der Waals surface area contributed by atoms with E-state index in [0.717, 1.165) is 24.7 Å². The molecule has 3 aliphatic heterocycles. The van der Waals surface area contributed by atoms with Gasteiger partial charge in [0.15, 0.2) is 0 Å². The Hall–Kier alpha value is -1.20. The number of likely N-dealkylation sites (tertiary alicyclic amines) is 1.